The van der Waals surface area contributed by atoms with Crippen LogP contribution in [0.2, 0.25) is 0 Å². The highest BCUT2D eigenvalue weighted by atomic mass is 32.1. The van der Waals surface area contributed by atoms with Crippen LogP contribution in [-0.4, -0.2) is 37.1 Å². The van der Waals surface area contributed by atoms with E-state index in [0.29, 0.717) is 18.2 Å². The molecule has 1 atom stereocenters. The number of hydrogen-bond donors (Lipinski definition) is 1. The zero-order valence-electron chi connectivity index (χ0n) is 15.8. The molecule has 28 heavy (non-hydrogen) atoms. The summed E-state index contributed by atoms with van der Waals surface area (Å²) in [6.07, 6.45) is 4.04. The van der Waals surface area contributed by atoms with Gasteiger partial charge in [0.2, 0.25) is 0 Å². The number of benzene rings is 2. The number of carbonyl (C=O) groups is 1. The topological polar surface area (TPSA) is 54.5 Å². The molecule has 1 saturated heterocycles. The first-order valence-electron chi connectivity index (χ1n) is 9.43. The number of methoxy groups -OCH3 is 1. The largest absolute Gasteiger partial charge is 0.497 e. The number of carbonyl (C=O) groups excluding carboxylic acids is 1. The summed E-state index contributed by atoms with van der Waals surface area (Å²) in [7, 11) is 1.66. The van der Waals surface area contributed by atoms with Gasteiger partial charge < -0.3 is 15.0 Å². The number of amides is 1. The van der Waals surface area contributed by atoms with Crippen LogP contribution in [0, 0.1) is 0 Å². The molecule has 2 heterocycles. The van der Waals surface area contributed by atoms with E-state index < -0.39 is 0 Å². The third kappa shape index (κ3) is 4.02. The van der Waals surface area contributed by atoms with Gasteiger partial charge in [-0.05, 0) is 48.2 Å². The number of thiazole rings is 1. The number of nitrogens with one attached hydrogen (secondary N) is 1. The number of rotatable bonds is 6. The Hall–Kier alpha value is -2.86. The van der Waals surface area contributed by atoms with Crippen molar-refractivity contribution in [2.24, 2.45) is 0 Å². The van der Waals surface area contributed by atoms with Crippen LogP contribution in [-0.2, 0) is 0 Å². The molecular weight excluding hydrogens is 370 g/mol. The molecule has 1 aliphatic rings. The fraction of sp³-hybridized carbons (Fsp3) is 0.273. The van der Waals surface area contributed by atoms with Crippen LogP contribution < -0.4 is 15.0 Å². The Kier molecular flexibility index (Phi) is 5.58. The lowest BCUT2D eigenvalue weighted by molar-refractivity contribution is 0.0951. The maximum absolute atomic E-state index is 12.6. The average molecular weight is 394 g/mol. The van der Waals surface area contributed by atoms with Crippen molar-refractivity contribution in [3.8, 4) is 16.9 Å². The molecular formula is C22H23N3O2S. The van der Waals surface area contributed by atoms with Crippen LogP contribution in [0.25, 0.3) is 11.1 Å². The summed E-state index contributed by atoms with van der Waals surface area (Å²) in [5.74, 6) is 0.781. The molecule has 0 radical (unpaired) electrons. The van der Waals surface area contributed by atoms with E-state index in [1.54, 1.807) is 18.4 Å². The summed E-state index contributed by atoms with van der Waals surface area (Å²) in [6, 6.07) is 15.9. The van der Waals surface area contributed by atoms with E-state index in [1.807, 2.05) is 60.1 Å². The zero-order chi connectivity index (χ0) is 19.3. The number of anilines is 1. The van der Waals surface area contributed by atoms with Crippen LogP contribution in [0.4, 0.5) is 5.13 Å². The van der Waals surface area contributed by atoms with Gasteiger partial charge in [-0.15, -0.1) is 11.3 Å². The molecule has 6 heteroatoms. The maximum Gasteiger partial charge on any atom is 0.251 e. The Morgan fingerprint density at radius 2 is 2.11 bits per heavy atom. The summed E-state index contributed by atoms with van der Waals surface area (Å²) < 4.78 is 5.28. The highest BCUT2D eigenvalue weighted by Crippen LogP contribution is 2.27. The van der Waals surface area contributed by atoms with Crippen molar-refractivity contribution in [1.82, 2.24) is 10.3 Å². The summed E-state index contributed by atoms with van der Waals surface area (Å²) >= 11 is 1.65. The molecule has 0 saturated carbocycles. The van der Waals surface area contributed by atoms with Gasteiger partial charge in [0.25, 0.3) is 5.91 Å². The lowest BCUT2D eigenvalue weighted by atomic mass is 10.0. The Morgan fingerprint density at radius 1 is 1.25 bits per heavy atom. The summed E-state index contributed by atoms with van der Waals surface area (Å²) in [6.45, 7) is 1.64. The minimum atomic E-state index is -0.0387. The quantitative estimate of drug-likeness (QED) is 0.681. The molecule has 0 aliphatic carbocycles. The standard InChI is InChI=1S/C22H23N3O2S/c1-27-20-6-2-4-18(14-20)16-7-9-17(10-8-16)21(26)24-15-19-5-3-12-25(19)22-23-11-13-28-22/h2,4,6-11,13-14,19H,3,5,12,15H2,1H3,(H,24,26). The van der Waals surface area contributed by atoms with Crippen molar-refractivity contribution >= 4 is 22.4 Å². The third-order valence-electron chi connectivity index (χ3n) is 5.09. The summed E-state index contributed by atoms with van der Waals surface area (Å²) in [5.41, 5.74) is 2.79. The van der Waals surface area contributed by atoms with E-state index in [9.17, 15) is 4.79 Å². The van der Waals surface area contributed by atoms with Crippen molar-refractivity contribution < 1.29 is 9.53 Å². The Balaban J connectivity index is 1.38. The summed E-state index contributed by atoms with van der Waals surface area (Å²) in [5, 5.41) is 6.12. The van der Waals surface area contributed by atoms with E-state index in [0.717, 1.165) is 41.4 Å². The molecule has 0 spiro atoms. The normalized spacial score (nSPS) is 16.2. The molecule has 1 N–H and O–H groups in total. The fourth-order valence-electron chi connectivity index (χ4n) is 3.59. The van der Waals surface area contributed by atoms with Gasteiger partial charge in [-0.25, -0.2) is 4.98 Å². The predicted octanol–water partition coefficient (Wildman–Crippen LogP) is 4.22. The zero-order valence-corrected chi connectivity index (χ0v) is 16.6. The van der Waals surface area contributed by atoms with E-state index in [2.05, 4.69) is 15.2 Å². The lowest BCUT2D eigenvalue weighted by Crippen LogP contribution is -2.40. The van der Waals surface area contributed by atoms with Gasteiger partial charge in [0.05, 0.1) is 7.11 Å². The van der Waals surface area contributed by atoms with Crippen LogP contribution in [0.5, 0.6) is 5.75 Å². The number of aromatic nitrogens is 1. The van der Waals surface area contributed by atoms with Crippen molar-refractivity contribution in [1.29, 1.82) is 0 Å². The minimum Gasteiger partial charge on any atom is -0.497 e. The van der Waals surface area contributed by atoms with Crippen LogP contribution >= 0.6 is 11.3 Å². The summed E-state index contributed by atoms with van der Waals surface area (Å²) in [4.78, 5) is 19.3. The van der Waals surface area contributed by atoms with E-state index in [4.69, 9.17) is 4.74 Å². The van der Waals surface area contributed by atoms with Gasteiger partial charge in [-0.2, -0.15) is 0 Å². The van der Waals surface area contributed by atoms with Gasteiger partial charge in [-0.3, -0.25) is 4.79 Å². The van der Waals surface area contributed by atoms with Gasteiger partial charge in [0.15, 0.2) is 5.13 Å². The first kappa shape index (κ1) is 18.5. The van der Waals surface area contributed by atoms with Gasteiger partial charge in [0.1, 0.15) is 5.75 Å². The molecule has 0 bridgehead atoms. The molecule has 1 unspecified atom stereocenters. The first-order valence-corrected chi connectivity index (χ1v) is 10.3. The van der Waals surface area contributed by atoms with Crippen molar-refractivity contribution in [2.75, 3.05) is 25.1 Å². The highest BCUT2D eigenvalue weighted by molar-refractivity contribution is 7.13. The van der Waals surface area contributed by atoms with E-state index >= 15 is 0 Å². The van der Waals surface area contributed by atoms with Crippen molar-refractivity contribution in [2.45, 2.75) is 18.9 Å². The van der Waals surface area contributed by atoms with E-state index in [-0.39, 0.29) is 5.91 Å². The second-order valence-corrected chi connectivity index (χ2v) is 7.70. The molecule has 1 amide bonds. The molecule has 144 valence electrons. The molecule has 4 rings (SSSR count). The number of ether oxygens (including phenoxy) is 1. The third-order valence-corrected chi connectivity index (χ3v) is 5.90. The van der Waals surface area contributed by atoms with Crippen LogP contribution in [0.3, 0.4) is 0 Å². The SMILES string of the molecule is COc1cccc(-c2ccc(C(=O)NCC3CCCN3c3nccs3)cc2)c1. The second kappa shape index (κ2) is 8.44. The molecule has 1 fully saturated rings. The Bertz CT molecular complexity index is 925. The van der Waals surface area contributed by atoms with Gasteiger partial charge >= 0.3 is 0 Å². The molecule has 1 aliphatic heterocycles. The minimum absolute atomic E-state index is 0.0387. The first-order chi connectivity index (χ1) is 13.7. The molecule has 1 aromatic heterocycles. The van der Waals surface area contributed by atoms with Crippen molar-refractivity contribution in [3.63, 3.8) is 0 Å². The number of nitrogens with zero attached hydrogens (tertiary/aromatic N) is 2. The smallest absolute Gasteiger partial charge is 0.251 e. The fourth-order valence-corrected chi connectivity index (χ4v) is 4.33. The maximum atomic E-state index is 12.6. The molecule has 2 aromatic carbocycles. The molecule has 5 nitrogen and oxygen atoms in total. The van der Waals surface area contributed by atoms with E-state index in [1.165, 1.54) is 0 Å². The monoisotopic (exact) mass is 393 g/mol. The van der Waals surface area contributed by atoms with Gasteiger partial charge in [0, 0.05) is 36.3 Å². The second-order valence-electron chi connectivity index (χ2n) is 6.82. The Morgan fingerprint density at radius 3 is 2.86 bits per heavy atom. The van der Waals surface area contributed by atoms with Crippen LogP contribution in [0.1, 0.15) is 23.2 Å². The van der Waals surface area contributed by atoms with Crippen molar-refractivity contribution in [3.05, 3.63) is 65.7 Å². The van der Waals surface area contributed by atoms with Gasteiger partial charge in [-0.1, -0.05) is 24.3 Å². The average Bonchev–Trinajstić information content (AvgIpc) is 3.43. The molecule has 3 aromatic rings. The highest BCUT2D eigenvalue weighted by Gasteiger charge is 2.26. The van der Waals surface area contributed by atoms with Crippen LogP contribution in [0.15, 0.2) is 60.1 Å². The Labute approximate surface area is 169 Å². The lowest BCUT2D eigenvalue weighted by Gasteiger charge is -2.24. The number of hydrogen-bond acceptors (Lipinski definition) is 5. The predicted molar refractivity (Wildman–Crippen MR) is 113 cm³/mol.